The van der Waals surface area contributed by atoms with Gasteiger partial charge >= 0.3 is 0 Å². The van der Waals surface area contributed by atoms with Crippen molar-refractivity contribution in [2.24, 2.45) is 0 Å². The molecule has 1 heterocycles. The van der Waals surface area contributed by atoms with E-state index in [2.05, 4.69) is 22.8 Å². The Hall–Kier alpha value is -1.59. The average molecular weight is 346 g/mol. The van der Waals surface area contributed by atoms with Gasteiger partial charge in [-0.05, 0) is 44.8 Å². The second-order valence-corrected chi connectivity index (χ2v) is 7.32. The standard InChI is InChI=1S/C20H30N2O3/c1-24-17-8-4-3-7-16(17)19(9-5-6-10-19)15-22-18(23)20(25-2)11-13-21-14-12-20/h3-4,7-8,21H,5-6,9-15H2,1-2H3,(H,22,23). The van der Waals surface area contributed by atoms with Gasteiger partial charge in [0.2, 0.25) is 0 Å². The first-order valence-electron chi connectivity index (χ1n) is 9.33. The molecule has 2 aliphatic rings. The maximum absolute atomic E-state index is 12.9. The molecular weight excluding hydrogens is 316 g/mol. The van der Waals surface area contributed by atoms with Crippen LogP contribution in [-0.4, -0.2) is 45.4 Å². The number of piperidine rings is 1. The van der Waals surface area contributed by atoms with Crippen molar-refractivity contribution in [1.29, 1.82) is 0 Å². The number of amides is 1. The van der Waals surface area contributed by atoms with Crippen molar-refractivity contribution >= 4 is 5.91 Å². The van der Waals surface area contributed by atoms with Gasteiger partial charge < -0.3 is 20.1 Å². The molecule has 25 heavy (non-hydrogen) atoms. The Morgan fingerprint density at radius 1 is 1.12 bits per heavy atom. The molecule has 0 atom stereocenters. The van der Waals surface area contributed by atoms with E-state index < -0.39 is 5.60 Å². The quantitative estimate of drug-likeness (QED) is 0.830. The van der Waals surface area contributed by atoms with Crippen LogP contribution in [0.1, 0.15) is 44.1 Å². The maximum atomic E-state index is 12.9. The summed E-state index contributed by atoms with van der Waals surface area (Å²) in [4.78, 5) is 12.9. The van der Waals surface area contributed by atoms with Crippen LogP contribution in [0.15, 0.2) is 24.3 Å². The fourth-order valence-electron chi connectivity index (χ4n) is 4.44. The zero-order chi connectivity index (χ0) is 17.8. The molecular formula is C20H30N2O3. The van der Waals surface area contributed by atoms with Crippen molar-refractivity contribution in [2.45, 2.75) is 49.5 Å². The zero-order valence-electron chi connectivity index (χ0n) is 15.4. The van der Waals surface area contributed by atoms with Crippen LogP contribution in [-0.2, 0) is 14.9 Å². The first-order chi connectivity index (χ1) is 12.2. The summed E-state index contributed by atoms with van der Waals surface area (Å²) in [5, 5.41) is 6.53. The molecule has 1 aromatic rings. The minimum Gasteiger partial charge on any atom is -0.496 e. The SMILES string of the molecule is COc1ccccc1C1(CNC(=O)C2(OC)CCNCC2)CCCC1. The summed E-state index contributed by atoms with van der Waals surface area (Å²) in [5.74, 6) is 0.944. The van der Waals surface area contributed by atoms with Gasteiger partial charge in [0, 0.05) is 24.6 Å². The highest BCUT2D eigenvalue weighted by atomic mass is 16.5. The topological polar surface area (TPSA) is 59.6 Å². The molecule has 0 radical (unpaired) electrons. The van der Waals surface area contributed by atoms with Crippen molar-refractivity contribution in [3.63, 3.8) is 0 Å². The number of rotatable bonds is 6. The minimum absolute atomic E-state index is 0.0256. The van der Waals surface area contributed by atoms with Gasteiger partial charge in [-0.25, -0.2) is 0 Å². The van der Waals surface area contributed by atoms with Crippen molar-refractivity contribution in [2.75, 3.05) is 33.9 Å². The summed E-state index contributed by atoms with van der Waals surface area (Å²) >= 11 is 0. The Labute approximate surface area is 150 Å². The Morgan fingerprint density at radius 2 is 1.80 bits per heavy atom. The van der Waals surface area contributed by atoms with Crippen LogP contribution in [0.25, 0.3) is 0 Å². The van der Waals surface area contributed by atoms with Gasteiger partial charge in [-0.1, -0.05) is 31.0 Å². The van der Waals surface area contributed by atoms with Crippen LogP contribution in [0.5, 0.6) is 5.75 Å². The van der Waals surface area contributed by atoms with Crippen LogP contribution >= 0.6 is 0 Å². The predicted molar refractivity (Wildman–Crippen MR) is 98.0 cm³/mol. The Bertz CT molecular complexity index is 590. The molecule has 1 saturated heterocycles. The van der Waals surface area contributed by atoms with Crippen molar-refractivity contribution in [1.82, 2.24) is 10.6 Å². The minimum atomic E-state index is -0.689. The third-order valence-corrected chi connectivity index (χ3v) is 6.04. The van der Waals surface area contributed by atoms with E-state index in [0.29, 0.717) is 6.54 Å². The molecule has 0 spiro atoms. The number of methoxy groups -OCH3 is 2. The lowest BCUT2D eigenvalue weighted by molar-refractivity contribution is -0.147. The summed E-state index contributed by atoms with van der Waals surface area (Å²) in [7, 11) is 3.37. The largest absolute Gasteiger partial charge is 0.496 e. The van der Waals surface area contributed by atoms with Crippen molar-refractivity contribution in [3.8, 4) is 5.75 Å². The lowest BCUT2D eigenvalue weighted by Gasteiger charge is -2.37. The molecule has 1 aromatic carbocycles. The van der Waals surface area contributed by atoms with Gasteiger partial charge in [-0.3, -0.25) is 4.79 Å². The second kappa shape index (κ2) is 7.75. The first kappa shape index (κ1) is 18.2. The van der Waals surface area contributed by atoms with E-state index in [-0.39, 0.29) is 11.3 Å². The third kappa shape index (κ3) is 3.53. The monoisotopic (exact) mass is 346 g/mol. The van der Waals surface area contributed by atoms with Gasteiger partial charge in [-0.2, -0.15) is 0 Å². The molecule has 1 saturated carbocycles. The first-order valence-corrected chi connectivity index (χ1v) is 9.33. The Balaban J connectivity index is 1.77. The smallest absolute Gasteiger partial charge is 0.252 e. The zero-order valence-corrected chi connectivity index (χ0v) is 15.4. The summed E-state index contributed by atoms with van der Waals surface area (Å²) in [5.41, 5.74) is 0.489. The molecule has 138 valence electrons. The molecule has 1 amide bonds. The highest BCUT2D eigenvalue weighted by Crippen LogP contribution is 2.44. The third-order valence-electron chi connectivity index (χ3n) is 6.04. The normalized spacial score (nSPS) is 21.7. The lowest BCUT2D eigenvalue weighted by Crippen LogP contribution is -2.55. The number of nitrogens with one attached hydrogen (secondary N) is 2. The molecule has 2 fully saturated rings. The Morgan fingerprint density at radius 3 is 2.44 bits per heavy atom. The fourth-order valence-corrected chi connectivity index (χ4v) is 4.44. The molecule has 0 aromatic heterocycles. The van der Waals surface area contributed by atoms with E-state index in [1.165, 1.54) is 18.4 Å². The van der Waals surface area contributed by atoms with E-state index >= 15 is 0 Å². The molecule has 1 aliphatic heterocycles. The summed E-state index contributed by atoms with van der Waals surface area (Å²) < 4.78 is 11.3. The highest BCUT2D eigenvalue weighted by Gasteiger charge is 2.43. The van der Waals surface area contributed by atoms with Crippen molar-refractivity contribution < 1.29 is 14.3 Å². The number of benzene rings is 1. The maximum Gasteiger partial charge on any atom is 0.252 e. The lowest BCUT2D eigenvalue weighted by atomic mass is 9.78. The number of ether oxygens (including phenoxy) is 2. The second-order valence-electron chi connectivity index (χ2n) is 7.32. The molecule has 5 nitrogen and oxygen atoms in total. The molecule has 0 unspecified atom stereocenters. The number of carbonyl (C=O) groups is 1. The van der Waals surface area contributed by atoms with E-state index in [9.17, 15) is 4.79 Å². The van der Waals surface area contributed by atoms with Crippen LogP contribution in [0, 0.1) is 0 Å². The van der Waals surface area contributed by atoms with Gasteiger partial charge in [0.15, 0.2) is 0 Å². The van der Waals surface area contributed by atoms with Gasteiger partial charge in [0.05, 0.1) is 7.11 Å². The van der Waals surface area contributed by atoms with E-state index in [4.69, 9.17) is 9.47 Å². The van der Waals surface area contributed by atoms with Gasteiger partial charge in [0.1, 0.15) is 11.4 Å². The number of para-hydroxylation sites is 1. The molecule has 2 N–H and O–H groups in total. The summed E-state index contributed by atoms with van der Waals surface area (Å²) in [6, 6.07) is 8.22. The molecule has 0 bridgehead atoms. The predicted octanol–water partition coefficient (Wildman–Crippen LogP) is 2.39. The summed E-state index contributed by atoms with van der Waals surface area (Å²) in [6.45, 7) is 2.28. The Kier molecular flexibility index (Phi) is 5.64. The number of hydrogen-bond donors (Lipinski definition) is 2. The molecule has 5 heteroatoms. The van der Waals surface area contributed by atoms with Crippen molar-refractivity contribution in [3.05, 3.63) is 29.8 Å². The van der Waals surface area contributed by atoms with Gasteiger partial charge in [-0.15, -0.1) is 0 Å². The highest BCUT2D eigenvalue weighted by molar-refractivity contribution is 5.85. The summed E-state index contributed by atoms with van der Waals surface area (Å²) in [6.07, 6.45) is 5.97. The van der Waals surface area contributed by atoms with Crippen LogP contribution in [0.2, 0.25) is 0 Å². The fraction of sp³-hybridized carbons (Fsp3) is 0.650. The number of carbonyl (C=O) groups excluding carboxylic acids is 1. The molecule has 3 rings (SSSR count). The average Bonchev–Trinajstić information content (AvgIpc) is 3.16. The van der Waals surface area contributed by atoms with E-state index in [0.717, 1.165) is 44.5 Å². The van der Waals surface area contributed by atoms with E-state index in [1.54, 1.807) is 14.2 Å². The van der Waals surface area contributed by atoms with Crippen LogP contribution in [0.3, 0.4) is 0 Å². The van der Waals surface area contributed by atoms with Crippen LogP contribution < -0.4 is 15.4 Å². The van der Waals surface area contributed by atoms with E-state index in [1.807, 2.05) is 12.1 Å². The van der Waals surface area contributed by atoms with Gasteiger partial charge in [0.25, 0.3) is 5.91 Å². The van der Waals surface area contributed by atoms with Crippen LogP contribution in [0.4, 0.5) is 0 Å². The number of hydrogen-bond acceptors (Lipinski definition) is 4. The molecule has 1 aliphatic carbocycles.